The number of rotatable bonds is 4. The van der Waals surface area contributed by atoms with Crippen molar-refractivity contribution in [3.63, 3.8) is 0 Å². The van der Waals surface area contributed by atoms with Crippen LogP contribution in [0.4, 0.5) is 5.69 Å². The second-order valence-electron chi connectivity index (χ2n) is 7.49. The van der Waals surface area contributed by atoms with E-state index in [1.54, 1.807) is 4.68 Å². The van der Waals surface area contributed by atoms with Crippen molar-refractivity contribution < 1.29 is 4.74 Å². The van der Waals surface area contributed by atoms with Crippen molar-refractivity contribution in [1.82, 2.24) is 9.78 Å². The van der Waals surface area contributed by atoms with Crippen molar-refractivity contribution in [2.45, 2.75) is 51.3 Å². The zero-order valence-electron chi connectivity index (χ0n) is 16.4. The summed E-state index contributed by atoms with van der Waals surface area (Å²) in [4.78, 5) is 11.0. The first kappa shape index (κ1) is 18.3. The Bertz CT molecular complexity index is 924. The minimum Gasteiger partial charge on any atom is -0.487 e. The van der Waals surface area contributed by atoms with E-state index in [9.17, 15) is 0 Å². The molecule has 1 aromatic heterocycles. The Morgan fingerprint density at radius 2 is 1.89 bits per heavy atom. The number of aromatic nitrogens is 2. The largest absolute Gasteiger partial charge is 0.487 e. The summed E-state index contributed by atoms with van der Waals surface area (Å²) < 4.78 is 7.99. The SMILES string of the molecule is Cc1nn(C)cc1COc1ccccc1N1C(N)=NC(N)=NC12CCCCC2. The van der Waals surface area contributed by atoms with E-state index in [2.05, 4.69) is 10.1 Å². The summed E-state index contributed by atoms with van der Waals surface area (Å²) in [7, 11) is 1.91. The van der Waals surface area contributed by atoms with Crippen LogP contribution in [0.25, 0.3) is 0 Å². The van der Waals surface area contributed by atoms with E-state index in [1.807, 2.05) is 49.3 Å². The van der Waals surface area contributed by atoms with Crippen molar-refractivity contribution >= 4 is 17.6 Å². The first-order chi connectivity index (χ1) is 13.5. The minimum absolute atomic E-state index is 0.250. The number of aryl methyl sites for hydroxylation is 2. The number of guanidine groups is 2. The second-order valence-corrected chi connectivity index (χ2v) is 7.49. The van der Waals surface area contributed by atoms with Crippen LogP contribution in [0.2, 0.25) is 0 Å². The van der Waals surface area contributed by atoms with E-state index in [0.717, 1.165) is 48.4 Å². The van der Waals surface area contributed by atoms with E-state index in [4.69, 9.17) is 21.2 Å². The maximum absolute atomic E-state index is 6.36. The Hall–Kier alpha value is -3.03. The third-order valence-corrected chi connectivity index (χ3v) is 5.46. The molecule has 4 N–H and O–H groups in total. The van der Waals surface area contributed by atoms with Gasteiger partial charge in [0.2, 0.25) is 11.9 Å². The van der Waals surface area contributed by atoms with Gasteiger partial charge in [0.1, 0.15) is 18.0 Å². The number of ether oxygens (including phenoxy) is 1. The van der Waals surface area contributed by atoms with Crippen LogP contribution < -0.4 is 21.1 Å². The first-order valence-corrected chi connectivity index (χ1v) is 9.69. The molecule has 1 saturated carbocycles. The number of hydrogen-bond acceptors (Lipinski definition) is 7. The van der Waals surface area contributed by atoms with Gasteiger partial charge in [0, 0.05) is 18.8 Å². The zero-order valence-corrected chi connectivity index (χ0v) is 16.4. The molecule has 148 valence electrons. The molecule has 28 heavy (non-hydrogen) atoms. The highest BCUT2D eigenvalue weighted by Gasteiger charge is 2.43. The van der Waals surface area contributed by atoms with Crippen LogP contribution in [0, 0.1) is 6.92 Å². The number of para-hydroxylation sites is 2. The number of hydrogen-bond donors (Lipinski definition) is 2. The van der Waals surface area contributed by atoms with Crippen LogP contribution in [0.1, 0.15) is 43.4 Å². The number of aliphatic imine (C=N–C) groups is 2. The molecule has 8 heteroatoms. The van der Waals surface area contributed by atoms with Gasteiger partial charge in [-0.1, -0.05) is 18.6 Å². The van der Waals surface area contributed by atoms with Crippen LogP contribution >= 0.6 is 0 Å². The molecule has 1 aliphatic heterocycles. The average Bonchev–Trinajstić information content (AvgIpc) is 2.98. The number of benzene rings is 1. The van der Waals surface area contributed by atoms with Crippen molar-refractivity contribution in [1.29, 1.82) is 0 Å². The first-order valence-electron chi connectivity index (χ1n) is 9.69. The Labute approximate surface area is 164 Å². The third-order valence-electron chi connectivity index (χ3n) is 5.46. The van der Waals surface area contributed by atoms with Gasteiger partial charge in [-0.2, -0.15) is 10.1 Å². The summed E-state index contributed by atoms with van der Waals surface area (Å²) in [5.74, 6) is 1.35. The molecule has 2 aliphatic rings. The topological polar surface area (TPSA) is 107 Å². The Morgan fingerprint density at radius 1 is 1.14 bits per heavy atom. The van der Waals surface area contributed by atoms with Gasteiger partial charge in [-0.05, 0) is 44.7 Å². The lowest BCUT2D eigenvalue weighted by Crippen LogP contribution is -2.58. The molecular weight excluding hydrogens is 354 g/mol. The highest BCUT2D eigenvalue weighted by atomic mass is 16.5. The summed E-state index contributed by atoms with van der Waals surface area (Å²) in [5.41, 5.74) is 14.7. The lowest BCUT2D eigenvalue weighted by Gasteiger charge is -2.45. The predicted molar refractivity (Wildman–Crippen MR) is 110 cm³/mol. The molecule has 8 nitrogen and oxygen atoms in total. The smallest absolute Gasteiger partial charge is 0.220 e. The molecule has 0 radical (unpaired) electrons. The molecule has 1 fully saturated rings. The lowest BCUT2D eigenvalue weighted by atomic mass is 9.87. The number of nitrogens with two attached hydrogens (primary N) is 2. The molecule has 0 bridgehead atoms. The molecule has 0 saturated heterocycles. The second kappa shape index (κ2) is 7.18. The fraction of sp³-hybridized carbons (Fsp3) is 0.450. The fourth-order valence-electron chi connectivity index (χ4n) is 4.18. The monoisotopic (exact) mass is 381 g/mol. The van der Waals surface area contributed by atoms with Gasteiger partial charge in [0.25, 0.3) is 0 Å². The van der Waals surface area contributed by atoms with Crippen LogP contribution in [-0.4, -0.2) is 27.4 Å². The van der Waals surface area contributed by atoms with Gasteiger partial charge >= 0.3 is 0 Å². The molecule has 0 atom stereocenters. The highest BCUT2D eigenvalue weighted by Crippen LogP contribution is 2.42. The number of anilines is 1. The predicted octanol–water partition coefficient (Wildman–Crippen LogP) is 2.42. The summed E-state index contributed by atoms with van der Waals surface area (Å²) >= 11 is 0. The molecule has 1 spiro atoms. The van der Waals surface area contributed by atoms with Crippen LogP contribution in [0.5, 0.6) is 5.75 Å². The van der Waals surface area contributed by atoms with Gasteiger partial charge in [0.15, 0.2) is 0 Å². The Kier molecular flexibility index (Phi) is 4.70. The molecular formula is C20H27N7O. The zero-order chi connectivity index (χ0) is 19.7. The summed E-state index contributed by atoms with van der Waals surface area (Å²) in [6, 6.07) is 7.88. The molecule has 0 unspecified atom stereocenters. The third kappa shape index (κ3) is 3.30. The average molecular weight is 381 g/mol. The molecule has 2 aromatic rings. The maximum Gasteiger partial charge on any atom is 0.220 e. The maximum atomic E-state index is 6.36. The summed E-state index contributed by atoms with van der Waals surface area (Å²) in [5, 5.41) is 4.38. The minimum atomic E-state index is -0.488. The highest BCUT2D eigenvalue weighted by molar-refractivity contribution is 6.06. The van der Waals surface area contributed by atoms with Gasteiger partial charge in [-0.15, -0.1) is 0 Å². The van der Waals surface area contributed by atoms with Crippen molar-refractivity contribution in [3.8, 4) is 5.75 Å². The quantitative estimate of drug-likeness (QED) is 0.846. The van der Waals surface area contributed by atoms with Gasteiger partial charge < -0.3 is 16.2 Å². The van der Waals surface area contributed by atoms with E-state index in [-0.39, 0.29) is 5.96 Å². The van der Waals surface area contributed by atoms with E-state index >= 15 is 0 Å². The van der Waals surface area contributed by atoms with Crippen LogP contribution in [-0.2, 0) is 13.7 Å². The van der Waals surface area contributed by atoms with Crippen molar-refractivity contribution in [2.75, 3.05) is 4.90 Å². The van der Waals surface area contributed by atoms with Crippen molar-refractivity contribution in [3.05, 3.63) is 41.7 Å². The number of nitrogens with zero attached hydrogens (tertiary/aromatic N) is 5. The van der Waals surface area contributed by atoms with E-state index < -0.39 is 5.66 Å². The van der Waals surface area contributed by atoms with Crippen LogP contribution in [0.3, 0.4) is 0 Å². The normalized spacial score (nSPS) is 18.7. The molecule has 2 heterocycles. The lowest BCUT2D eigenvalue weighted by molar-refractivity contribution is 0.289. The van der Waals surface area contributed by atoms with Gasteiger partial charge in [-0.25, -0.2) is 4.99 Å². The fourth-order valence-corrected chi connectivity index (χ4v) is 4.18. The molecule has 1 aromatic carbocycles. The molecule has 0 amide bonds. The Morgan fingerprint density at radius 3 is 2.61 bits per heavy atom. The van der Waals surface area contributed by atoms with Gasteiger partial charge in [0.05, 0.1) is 11.4 Å². The molecule has 4 rings (SSSR count). The standard InChI is InChI=1S/C20H27N7O/c1-14-15(12-26(2)25-14)13-28-17-9-5-4-8-16(17)27-19(22)23-18(21)24-20(27)10-6-3-7-11-20/h4-5,8-9,12H,3,6-7,10-11,13H2,1-2H3,(H4,21,22,23,24). The van der Waals surface area contributed by atoms with Gasteiger partial charge in [-0.3, -0.25) is 9.58 Å². The summed E-state index contributed by atoms with van der Waals surface area (Å²) in [6.07, 6.45) is 7.11. The van der Waals surface area contributed by atoms with E-state index in [0.29, 0.717) is 12.6 Å². The van der Waals surface area contributed by atoms with Crippen LogP contribution in [0.15, 0.2) is 40.4 Å². The summed E-state index contributed by atoms with van der Waals surface area (Å²) in [6.45, 7) is 2.41. The molecule has 1 aliphatic carbocycles. The van der Waals surface area contributed by atoms with E-state index in [1.165, 1.54) is 6.42 Å². The van der Waals surface area contributed by atoms with Crippen molar-refractivity contribution in [2.24, 2.45) is 28.5 Å². The Balaban J connectivity index is 1.68.